The summed E-state index contributed by atoms with van der Waals surface area (Å²) >= 11 is 0. The summed E-state index contributed by atoms with van der Waals surface area (Å²) in [6.45, 7) is 1.67. The van der Waals surface area contributed by atoms with Crippen LogP contribution >= 0.6 is 0 Å². The van der Waals surface area contributed by atoms with Crippen molar-refractivity contribution in [1.29, 1.82) is 0 Å². The molecule has 0 saturated carbocycles. The maximum atomic E-state index is 10.8. The third kappa shape index (κ3) is 3.28. The Morgan fingerprint density at radius 2 is 1.86 bits per heavy atom. The lowest BCUT2D eigenvalue weighted by atomic mass is 9.90. The van der Waals surface area contributed by atoms with Crippen LogP contribution in [0.1, 0.15) is 35.9 Å². The quantitative estimate of drug-likeness (QED) is 0.707. The van der Waals surface area contributed by atoms with Crippen LogP contribution in [0.25, 0.3) is 11.0 Å². The largest absolute Gasteiger partial charge is 0.499 e. The van der Waals surface area contributed by atoms with Crippen LogP contribution in [0.15, 0.2) is 60.6 Å². The van der Waals surface area contributed by atoms with Crippen molar-refractivity contribution in [2.45, 2.75) is 31.0 Å². The molecule has 1 saturated heterocycles. The summed E-state index contributed by atoms with van der Waals surface area (Å²) in [7, 11) is 1.66. The van der Waals surface area contributed by atoms with E-state index in [9.17, 15) is 5.11 Å². The van der Waals surface area contributed by atoms with Gasteiger partial charge in [-0.3, -0.25) is 0 Å². The van der Waals surface area contributed by atoms with Crippen molar-refractivity contribution in [3.63, 3.8) is 0 Å². The number of hydrogen-bond acceptors (Lipinski definition) is 5. The zero-order valence-electron chi connectivity index (χ0n) is 16.4. The molecule has 5 rings (SSSR count). The van der Waals surface area contributed by atoms with Gasteiger partial charge in [-0.1, -0.05) is 24.3 Å². The van der Waals surface area contributed by atoms with E-state index in [0.717, 1.165) is 54.1 Å². The molecule has 2 aliphatic rings. The highest BCUT2D eigenvalue weighted by Gasteiger charge is 2.36. The summed E-state index contributed by atoms with van der Waals surface area (Å²) in [5.41, 5.74) is 5.20. The molecule has 2 N–H and O–H groups in total. The number of anilines is 1. The third-order valence-electron chi connectivity index (χ3n) is 6.03. The predicted molar refractivity (Wildman–Crippen MR) is 112 cm³/mol. The lowest BCUT2D eigenvalue weighted by Crippen LogP contribution is -2.33. The molecular weight excluding hydrogens is 366 g/mol. The molecule has 0 aliphatic carbocycles. The van der Waals surface area contributed by atoms with Gasteiger partial charge in [0.1, 0.15) is 11.8 Å². The van der Waals surface area contributed by atoms with E-state index in [2.05, 4.69) is 34.2 Å². The number of rotatable bonds is 4. The van der Waals surface area contributed by atoms with E-state index in [1.807, 2.05) is 23.1 Å². The Bertz CT molecular complexity index is 1020. The average molecular weight is 391 g/mol. The second-order valence-corrected chi connectivity index (χ2v) is 7.65. The van der Waals surface area contributed by atoms with Gasteiger partial charge < -0.3 is 24.5 Å². The van der Waals surface area contributed by atoms with E-state index < -0.39 is 6.23 Å². The van der Waals surface area contributed by atoms with Crippen molar-refractivity contribution < 1.29 is 14.6 Å². The molecule has 6 heteroatoms. The zero-order chi connectivity index (χ0) is 19.8. The van der Waals surface area contributed by atoms with Gasteiger partial charge in [0.15, 0.2) is 6.23 Å². The Balaban J connectivity index is 1.48. The average Bonchev–Trinajstić information content (AvgIpc) is 3.37. The number of methoxy groups -OCH3 is 1. The van der Waals surface area contributed by atoms with Crippen LogP contribution in [-0.4, -0.2) is 41.6 Å². The molecule has 2 atom stereocenters. The van der Waals surface area contributed by atoms with Gasteiger partial charge in [-0.15, -0.1) is 0 Å². The van der Waals surface area contributed by atoms with Crippen LogP contribution in [0.2, 0.25) is 0 Å². The van der Waals surface area contributed by atoms with Crippen molar-refractivity contribution in [3.05, 3.63) is 71.8 Å². The Kier molecular flexibility index (Phi) is 4.73. The minimum Gasteiger partial charge on any atom is -0.499 e. The fourth-order valence-electron chi connectivity index (χ4n) is 4.48. The van der Waals surface area contributed by atoms with E-state index in [0.29, 0.717) is 5.92 Å². The summed E-state index contributed by atoms with van der Waals surface area (Å²) in [4.78, 5) is 9.40. The number of aliphatic hydroxyl groups is 1. The fourth-order valence-corrected chi connectivity index (χ4v) is 4.48. The first-order chi connectivity index (χ1) is 14.2. The maximum absolute atomic E-state index is 10.8. The van der Waals surface area contributed by atoms with Crippen molar-refractivity contribution in [2.24, 2.45) is 0 Å². The van der Waals surface area contributed by atoms with Gasteiger partial charge in [-0.25, -0.2) is 4.98 Å². The summed E-state index contributed by atoms with van der Waals surface area (Å²) < 4.78 is 11.1. The summed E-state index contributed by atoms with van der Waals surface area (Å²) in [6, 6.07) is 14.5. The molecular formula is C23H25N3O3. The molecule has 2 unspecified atom stereocenters. The number of ether oxygens (including phenoxy) is 2. The number of nitrogens with zero attached hydrogens (tertiary/aromatic N) is 2. The number of aliphatic hydroxyl groups excluding tert-OH is 1. The molecule has 6 nitrogen and oxygen atoms in total. The zero-order valence-corrected chi connectivity index (χ0v) is 16.4. The number of aromatic nitrogens is 2. The van der Waals surface area contributed by atoms with Crippen LogP contribution in [0.5, 0.6) is 0 Å². The summed E-state index contributed by atoms with van der Waals surface area (Å²) in [6.07, 6.45) is 4.83. The Morgan fingerprint density at radius 1 is 1.10 bits per heavy atom. The van der Waals surface area contributed by atoms with Gasteiger partial charge in [0, 0.05) is 25.0 Å². The van der Waals surface area contributed by atoms with Crippen LogP contribution in [0.3, 0.4) is 0 Å². The molecule has 150 valence electrons. The first kappa shape index (κ1) is 18.2. The van der Waals surface area contributed by atoms with E-state index in [4.69, 9.17) is 9.47 Å². The van der Waals surface area contributed by atoms with E-state index in [-0.39, 0.29) is 6.04 Å². The standard InChI is InChI=1S/C23H25N3O3/c1-28-21-13-22(27)26(18-6-7-19-20(12-18)25-14-24-19)23(21)17-4-2-15(3-5-17)16-8-10-29-11-9-16/h2-7,12-14,16,22-23,27H,8-11H2,1H3,(H,24,25). The Hall–Kier alpha value is -2.83. The van der Waals surface area contributed by atoms with Gasteiger partial charge in [0.05, 0.1) is 24.5 Å². The fraction of sp³-hybridized carbons (Fsp3) is 0.348. The van der Waals surface area contributed by atoms with Gasteiger partial charge in [-0.05, 0) is 48.1 Å². The highest BCUT2D eigenvalue weighted by atomic mass is 16.5. The molecule has 2 aliphatic heterocycles. The first-order valence-corrected chi connectivity index (χ1v) is 10.1. The molecule has 3 aromatic rings. The third-order valence-corrected chi connectivity index (χ3v) is 6.03. The minimum atomic E-state index is -0.759. The van der Waals surface area contributed by atoms with Crippen molar-refractivity contribution in [1.82, 2.24) is 9.97 Å². The smallest absolute Gasteiger partial charge is 0.150 e. The highest BCUT2D eigenvalue weighted by Crippen LogP contribution is 2.41. The molecule has 2 aromatic carbocycles. The van der Waals surface area contributed by atoms with E-state index in [1.54, 1.807) is 19.5 Å². The van der Waals surface area contributed by atoms with Crippen molar-refractivity contribution in [3.8, 4) is 0 Å². The number of benzene rings is 2. The van der Waals surface area contributed by atoms with Crippen LogP contribution in [-0.2, 0) is 9.47 Å². The normalized spacial score (nSPS) is 22.8. The Labute approximate surface area is 169 Å². The summed E-state index contributed by atoms with van der Waals surface area (Å²) in [5, 5.41) is 10.8. The number of imidazole rings is 1. The SMILES string of the molecule is COC1=CC(O)N(c2ccc3nc[nH]c3c2)C1c1ccc(C2CCOCC2)cc1. The molecule has 3 heterocycles. The molecule has 0 radical (unpaired) electrons. The number of hydrogen-bond donors (Lipinski definition) is 2. The lowest BCUT2D eigenvalue weighted by Gasteiger charge is -2.31. The van der Waals surface area contributed by atoms with Crippen LogP contribution in [0.4, 0.5) is 5.69 Å². The van der Waals surface area contributed by atoms with E-state index in [1.165, 1.54) is 5.56 Å². The Morgan fingerprint density at radius 3 is 2.62 bits per heavy atom. The second kappa shape index (κ2) is 7.54. The molecule has 1 aromatic heterocycles. The van der Waals surface area contributed by atoms with Gasteiger partial charge in [-0.2, -0.15) is 0 Å². The lowest BCUT2D eigenvalue weighted by molar-refractivity contribution is 0.0853. The first-order valence-electron chi connectivity index (χ1n) is 10.1. The number of aromatic amines is 1. The monoisotopic (exact) mass is 391 g/mol. The summed E-state index contributed by atoms with van der Waals surface area (Å²) in [5.74, 6) is 1.31. The molecule has 0 spiro atoms. The number of H-pyrrole nitrogens is 1. The van der Waals surface area contributed by atoms with Crippen molar-refractivity contribution >= 4 is 16.7 Å². The maximum Gasteiger partial charge on any atom is 0.150 e. The number of nitrogens with one attached hydrogen (secondary N) is 1. The van der Waals surface area contributed by atoms with E-state index >= 15 is 0 Å². The molecule has 29 heavy (non-hydrogen) atoms. The van der Waals surface area contributed by atoms with Gasteiger partial charge in [0.2, 0.25) is 0 Å². The molecule has 0 bridgehead atoms. The van der Waals surface area contributed by atoms with Crippen LogP contribution in [0, 0.1) is 0 Å². The van der Waals surface area contributed by atoms with Gasteiger partial charge in [0.25, 0.3) is 0 Å². The highest BCUT2D eigenvalue weighted by molar-refractivity contribution is 5.79. The minimum absolute atomic E-state index is 0.181. The second-order valence-electron chi connectivity index (χ2n) is 7.65. The predicted octanol–water partition coefficient (Wildman–Crippen LogP) is 3.87. The number of fused-ring (bicyclic) bond motifs is 1. The molecule has 0 amide bonds. The van der Waals surface area contributed by atoms with Crippen LogP contribution < -0.4 is 4.90 Å². The van der Waals surface area contributed by atoms with Crippen molar-refractivity contribution in [2.75, 3.05) is 25.2 Å². The van der Waals surface area contributed by atoms with Gasteiger partial charge >= 0.3 is 0 Å². The molecule has 1 fully saturated rings. The topological polar surface area (TPSA) is 70.6 Å².